The maximum atomic E-state index is 12.7. The van der Waals surface area contributed by atoms with Crippen molar-refractivity contribution in [3.05, 3.63) is 41.2 Å². The van der Waals surface area contributed by atoms with E-state index < -0.39 is 0 Å². The number of piperazine rings is 1. The molecule has 2 aromatic rings. The number of nitrogens with one attached hydrogen (secondary N) is 1. The number of carbonyl (C=O) groups excluding carboxylic acids is 1. The number of anilines is 3. The van der Waals surface area contributed by atoms with Gasteiger partial charge in [0, 0.05) is 51.0 Å². The molecular weight excluding hydrogens is 380 g/mol. The summed E-state index contributed by atoms with van der Waals surface area (Å²) in [7, 11) is 0. The Hall–Kier alpha value is -2.87. The molecule has 1 aromatic carbocycles. The van der Waals surface area contributed by atoms with E-state index in [1.54, 1.807) is 0 Å². The summed E-state index contributed by atoms with van der Waals surface area (Å²) in [6, 6.07) is 7.99. The Kier molecular flexibility index (Phi) is 6.03. The van der Waals surface area contributed by atoms with Crippen molar-refractivity contribution < 1.29 is 9.53 Å². The summed E-state index contributed by atoms with van der Waals surface area (Å²) in [5, 5.41) is 3.06. The molecule has 2 aliphatic heterocycles. The van der Waals surface area contributed by atoms with E-state index in [1.807, 2.05) is 30.9 Å². The van der Waals surface area contributed by atoms with Gasteiger partial charge in [0.15, 0.2) is 0 Å². The highest BCUT2D eigenvalue weighted by Crippen LogP contribution is 2.22. The van der Waals surface area contributed by atoms with Crippen LogP contribution in [0.5, 0.6) is 0 Å². The first-order valence-electron chi connectivity index (χ1n) is 10.6. The maximum absolute atomic E-state index is 12.7. The summed E-state index contributed by atoms with van der Waals surface area (Å²) in [6.07, 6.45) is 0. The van der Waals surface area contributed by atoms with Gasteiger partial charge >= 0.3 is 6.03 Å². The predicted octanol–water partition coefficient (Wildman–Crippen LogP) is 2.59. The second-order valence-corrected chi connectivity index (χ2v) is 7.88. The normalized spacial score (nSPS) is 17.2. The van der Waals surface area contributed by atoms with Crippen molar-refractivity contribution in [3.63, 3.8) is 0 Å². The Morgan fingerprint density at radius 2 is 1.57 bits per heavy atom. The van der Waals surface area contributed by atoms with E-state index in [0.29, 0.717) is 13.1 Å². The van der Waals surface area contributed by atoms with E-state index in [0.717, 1.165) is 68.1 Å². The summed E-state index contributed by atoms with van der Waals surface area (Å²) in [5.41, 5.74) is 3.16. The fraction of sp³-hybridized carbons (Fsp3) is 0.500. The van der Waals surface area contributed by atoms with Gasteiger partial charge in [0.05, 0.1) is 13.2 Å². The third kappa shape index (κ3) is 4.48. The van der Waals surface area contributed by atoms with Gasteiger partial charge in [-0.1, -0.05) is 12.1 Å². The molecule has 2 saturated heterocycles. The SMILES string of the molecule is Cc1nc(N2CCOCC2)cc(N2CCN(C(=O)Nc3cccc(C)c3C)CC2)n1. The number of ether oxygens (including phenoxy) is 1. The lowest BCUT2D eigenvalue weighted by molar-refractivity contribution is 0.122. The number of benzene rings is 1. The first kappa shape index (κ1) is 20.4. The van der Waals surface area contributed by atoms with Crippen LogP contribution in [0.25, 0.3) is 0 Å². The highest BCUT2D eigenvalue weighted by molar-refractivity contribution is 5.90. The van der Waals surface area contributed by atoms with E-state index in [2.05, 4.69) is 44.1 Å². The van der Waals surface area contributed by atoms with Crippen LogP contribution in [0, 0.1) is 20.8 Å². The van der Waals surface area contributed by atoms with Crippen LogP contribution in [0.3, 0.4) is 0 Å². The molecule has 2 aliphatic rings. The summed E-state index contributed by atoms with van der Waals surface area (Å²) in [6.45, 7) is 12.0. The Labute approximate surface area is 177 Å². The number of amides is 2. The monoisotopic (exact) mass is 410 g/mol. The molecule has 3 heterocycles. The molecule has 1 aromatic heterocycles. The third-order valence-corrected chi connectivity index (χ3v) is 5.88. The van der Waals surface area contributed by atoms with Gasteiger partial charge in [-0.3, -0.25) is 0 Å². The fourth-order valence-corrected chi connectivity index (χ4v) is 3.87. The minimum absolute atomic E-state index is 0.0452. The smallest absolute Gasteiger partial charge is 0.321 e. The lowest BCUT2D eigenvalue weighted by Gasteiger charge is -2.36. The van der Waals surface area contributed by atoms with Gasteiger partial charge in [-0.2, -0.15) is 0 Å². The molecule has 8 nitrogen and oxygen atoms in total. The number of urea groups is 1. The average molecular weight is 411 g/mol. The van der Waals surface area contributed by atoms with Crippen molar-refractivity contribution in [2.24, 2.45) is 0 Å². The number of aromatic nitrogens is 2. The summed E-state index contributed by atoms with van der Waals surface area (Å²) >= 11 is 0. The Balaban J connectivity index is 1.39. The molecule has 0 spiro atoms. The zero-order chi connectivity index (χ0) is 21.1. The van der Waals surface area contributed by atoms with Gasteiger partial charge < -0.3 is 24.8 Å². The largest absolute Gasteiger partial charge is 0.378 e. The van der Waals surface area contributed by atoms with E-state index in [1.165, 1.54) is 5.56 Å². The Morgan fingerprint density at radius 3 is 2.23 bits per heavy atom. The molecule has 8 heteroatoms. The first-order chi connectivity index (χ1) is 14.5. The quantitative estimate of drug-likeness (QED) is 0.839. The molecule has 0 unspecified atom stereocenters. The van der Waals surface area contributed by atoms with Crippen molar-refractivity contribution >= 4 is 23.4 Å². The van der Waals surface area contributed by atoms with Gasteiger partial charge in [-0.05, 0) is 38.0 Å². The molecule has 0 radical (unpaired) electrons. The van der Waals surface area contributed by atoms with Crippen molar-refractivity contribution in [1.29, 1.82) is 0 Å². The zero-order valence-corrected chi connectivity index (χ0v) is 18.0. The van der Waals surface area contributed by atoms with Crippen molar-refractivity contribution in [2.75, 3.05) is 67.6 Å². The van der Waals surface area contributed by atoms with Crippen LogP contribution in [0.2, 0.25) is 0 Å². The molecule has 0 atom stereocenters. The second-order valence-electron chi connectivity index (χ2n) is 7.88. The van der Waals surface area contributed by atoms with Crippen LogP contribution in [-0.4, -0.2) is 73.4 Å². The number of rotatable bonds is 3. The zero-order valence-electron chi connectivity index (χ0n) is 18.0. The predicted molar refractivity (Wildman–Crippen MR) is 119 cm³/mol. The highest BCUT2D eigenvalue weighted by atomic mass is 16.5. The van der Waals surface area contributed by atoms with Crippen molar-refractivity contribution in [3.8, 4) is 0 Å². The van der Waals surface area contributed by atoms with Crippen LogP contribution in [0.4, 0.5) is 22.1 Å². The minimum Gasteiger partial charge on any atom is -0.378 e. The number of morpholine rings is 1. The van der Waals surface area contributed by atoms with E-state index >= 15 is 0 Å². The van der Waals surface area contributed by atoms with Gasteiger partial charge in [0.1, 0.15) is 17.5 Å². The lowest BCUT2D eigenvalue weighted by Crippen LogP contribution is -2.50. The molecular formula is C22H30N6O2. The van der Waals surface area contributed by atoms with Crippen molar-refractivity contribution in [2.45, 2.75) is 20.8 Å². The van der Waals surface area contributed by atoms with Crippen LogP contribution in [-0.2, 0) is 4.74 Å². The standard InChI is InChI=1S/C22H30N6O2/c1-16-5-4-6-19(17(16)2)25-22(29)28-9-7-26(8-10-28)20-15-21(24-18(3)23-20)27-11-13-30-14-12-27/h4-6,15H,7-14H2,1-3H3,(H,25,29). The van der Waals surface area contributed by atoms with E-state index in [-0.39, 0.29) is 6.03 Å². The summed E-state index contributed by atoms with van der Waals surface area (Å²) in [5.74, 6) is 2.65. The van der Waals surface area contributed by atoms with Crippen molar-refractivity contribution in [1.82, 2.24) is 14.9 Å². The Bertz CT molecular complexity index is 904. The molecule has 0 bridgehead atoms. The van der Waals surface area contributed by atoms with E-state index in [4.69, 9.17) is 4.74 Å². The van der Waals surface area contributed by atoms with Crippen LogP contribution in [0.1, 0.15) is 17.0 Å². The van der Waals surface area contributed by atoms with Gasteiger partial charge in [0.25, 0.3) is 0 Å². The van der Waals surface area contributed by atoms with Crippen LogP contribution < -0.4 is 15.1 Å². The number of hydrogen-bond donors (Lipinski definition) is 1. The molecule has 4 rings (SSSR count). The van der Waals surface area contributed by atoms with Gasteiger partial charge in [-0.15, -0.1) is 0 Å². The Morgan fingerprint density at radius 1 is 0.933 bits per heavy atom. The van der Waals surface area contributed by atoms with Crippen LogP contribution >= 0.6 is 0 Å². The number of nitrogens with zero attached hydrogens (tertiary/aromatic N) is 5. The second kappa shape index (κ2) is 8.87. The molecule has 0 aliphatic carbocycles. The topological polar surface area (TPSA) is 73.8 Å². The van der Waals surface area contributed by atoms with Gasteiger partial charge in [-0.25, -0.2) is 14.8 Å². The average Bonchev–Trinajstić information content (AvgIpc) is 2.77. The molecule has 2 fully saturated rings. The summed E-state index contributed by atoms with van der Waals surface area (Å²) < 4.78 is 5.45. The lowest BCUT2D eigenvalue weighted by atomic mass is 10.1. The molecule has 1 N–H and O–H groups in total. The number of carbonyl (C=O) groups is 1. The molecule has 2 amide bonds. The fourth-order valence-electron chi connectivity index (χ4n) is 3.87. The highest BCUT2D eigenvalue weighted by Gasteiger charge is 2.24. The van der Waals surface area contributed by atoms with E-state index in [9.17, 15) is 4.79 Å². The molecule has 30 heavy (non-hydrogen) atoms. The molecule has 160 valence electrons. The minimum atomic E-state index is -0.0452. The first-order valence-corrected chi connectivity index (χ1v) is 10.6. The van der Waals surface area contributed by atoms with Gasteiger partial charge in [0.2, 0.25) is 0 Å². The van der Waals surface area contributed by atoms with Crippen LogP contribution in [0.15, 0.2) is 24.3 Å². The molecule has 0 saturated carbocycles. The number of hydrogen-bond acceptors (Lipinski definition) is 6. The number of aryl methyl sites for hydroxylation is 2. The summed E-state index contributed by atoms with van der Waals surface area (Å²) in [4.78, 5) is 28.4. The maximum Gasteiger partial charge on any atom is 0.321 e. The third-order valence-electron chi connectivity index (χ3n) is 5.88.